The Morgan fingerprint density at radius 1 is 1.25 bits per heavy atom. The van der Waals surface area contributed by atoms with E-state index in [1.165, 1.54) is 11.1 Å². The van der Waals surface area contributed by atoms with E-state index in [9.17, 15) is 4.79 Å². The number of amides is 1. The van der Waals surface area contributed by atoms with E-state index < -0.39 is 0 Å². The number of carbonyl (C=O) groups is 1. The van der Waals surface area contributed by atoms with Crippen LogP contribution in [0.2, 0.25) is 0 Å². The smallest absolute Gasteiger partial charge is 0.245 e. The first-order valence-corrected chi connectivity index (χ1v) is 8.54. The number of benzene rings is 1. The molecule has 0 bridgehead atoms. The maximum atomic E-state index is 12.6. The zero-order valence-electron chi connectivity index (χ0n) is 14.6. The van der Waals surface area contributed by atoms with Crippen LogP contribution in [-0.2, 0) is 4.79 Å². The summed E-state index contributed by atoms with van der Waals surface area (Å²) in [5.41, 5.74) is 2.52. The number of ether oxygens (including phenoxy) is 1. The molecule has 0 aliphatic carbocycles. The van der Waals surface area contributed by atoms with E-state index in [-0.39, 0.29) is 18.1 Å². The highest BCUT2D eigenvalue weighted by molar-refractivity contribution is 5.80. The predicted molar refractivity (Wildman–Crippen MR) is 93.1 cm³/mol. The van der Waals surface area contributed by atoms with E-state index in [0.29, 0.717) is 0 Å². The summed E-state index contributed by atoms with van der Waals surface area (Å²) < 4.78 is 7.95. The second-order valence-electron chi connectivity index (χ2n) is 6.57. The summed E-state index contributed by atoms with van der Waals surface area (Å²) in [5, 5.41) is 0. The summed E-state index contributed by atoms with van der Waals surface area (Å²) in [7, 11) is 0. The summed E-state index contributed by atoms with van der Waals surface area (Å²) in [6.45, 7) is 7.61. The minimum atomic E-state index is -0.204. The Bertz CT molecular complexity index is 689. The molecule has 0 saturated carbocycles. The molecule has 0 spiro atoms. The Morgan fingerprint density at radius 3 is 2.62 bits per heavy atom. The fourth-order valence-corrected chi connectivity index (χ4v) is 3.06. The van der Waals surface area contributed by atoms with Gasteiger partial charge in [-0.25, -0.2) is 4.98 Å². The lowest BCUT2D eigenvalue weighted by Crippen LogP contribution is -2.44. The van der Waals surface area contributed by atoms with E-state index in [1.807, 2.05) is 28.7 Å². The lowest BCUT2D eigenvalue weighted by Gasteiger charge is -2.34. The van der Waals surface area contributed by atoms with Crippen LogP contribution in [0.4, 0.5) is 0 Å². The van der Waals surface area contributed by atoms with Crippen molar-refractivity contribution >= 4 is 5.91 Å². The Morgan fingerprint density at radius 2 is 2.00 bits per heavy atom. The summed E-state index contributed by atoms with van der Waals surface area (Å²) in [6, 6.07) is 6.01. The summed E-state index contributed by atoms with van der Waals surface area (Å²) in [4.78, 5) is 18.5. The zero-order chi connectivity index (χ0) is 17.1. The molecule has 1 aromatic heterocycles. The van der Waals surface area contributed by atoms with Gasteiger partial charge < -0.3 is 14.2 Å². The Labute approximate surface area is 143 Å². The van der Waals surface area contributed by atoms with Crippen LogP contribution < -0.4 is 4.74 Å². The third kappa shape index (κ3) is 3.61. The molecular formula is C19H25N3O2. The molecule has 5 nitrogen and oxygen atoms in total. The molecule has 1 amide bonds. The molecule has 1 saturated heterocycles. The first-order valence-electron chi connectivity index (χ1n) is 8.54. The summed E-state index contributed by atoms with van der Waals surface area (Å²) in [5.74, 6) is 1.08. The van der Waals surface area contributed by atoms with Crippen LogP contribution in [0.15, 0.2) is 36.9 Å². The molecule has 1 fully saturated rings. The number of hydrogen-bond donors (Lipinski definition) is 0. The van der Waals surface area contributed by atoms with Crippen molar-refractivity contribution in [2.75, 3.05) is 13.1 Å². The van der Waals surface area contributed by atoms with E-state index in [1.54, 1.807) is 12.5 Å². The number of aromatic nitrogens is 2. The van der Waals surface area contributed by atoms with Crippen LogP contribution in [0, 0.1) is 13.8 Å². The second-order valence-corrected chi connectivity index (χ2v) is 6.57. The molecule has 1 atom stereocenters. The van der Waals surface area contributed by atoms with Crippen molar-refractivity contribution in [1.29, 1.82) is 0 Å². The average Bonchev–Trinajstić information content (AvgIpc) is 3.12. The molecule has 1 aliphatic rings. The number of likely N-dealkylation sites (tertiary alicyclic amines) is 1. The van der Waals surface area contributed by atoms with Gasteiger partial charge in [0.05, 0.1) is 6.33 Å². The van der Waals surface area contributed by atoms with Gasteiger partial charge in [0.2, 0.25) is 5.91 Å². The molecule has 1 aromatic carbocycles. The minimum Gasteiger partial charge on any atom is -0.490 e. The van der Waals surface area contributed by atoms with Gasteiger partial charge in [-0.2, -0.15) is 0 Å². The summed E-state index contributed by atoms with van der Waals surface area (Å²) >= 11 is 0. The maximum Gasteiger partial charge on any atom is 0.245 e. The quantitative estimate of drug-likeness (QED) is 0.867. The van der Waals surface area contributed by atoms with Gasteiger partial charge in [-0.1, -0.05) is 6.07 Å². The SMILES string of the molecule is Cc1ccc(OC2CCN(C(=O)[C@@H](C)n3ccnc3)CC2)cc1C. The number of aryl methyl sites for hydroxylation is 2. The molecule has 0 unspecified atom stereocenters. The van der Waals surface area contributed by atoms with Gasteiger partial charge in [0.15, 0.2) is 0 Å². The number of carbonyl (C=O) groups excluding carboxylic acids is 1. The molecule has 24 heavy (non-hydrogen) atoms. The van der Waals surface area contributed by atoms with Crippen LogP contribution in [0.25, 0.3) is 0 Å². The monoisotopic (exact) mass is 327 g/mol. The molecule has 2 heterocycles. The topological polar surface area (TPSA) is 47.4 Å². The van der Waals surface area contributed by atoms with Crippen LogP contribution >= 0.6 is 0 Å². The van der Waals surface area contributed by atoms with Crippen LogP contribution in [-0.4, -0.2) is 39.6 Å². The van der Waals surface area contributed by atoms with Gasteiger partial charge in [-0.3, -0.25) is 4.79 Å². The molecule has 0 radical (unpaired) electrons. The molecule has 0 N–H and O–H groups in total. The Balaban J connectivity index is 1.53. The van der Waals surface area contributed by atoms with Gasteiger partial charge in [0.25, 0.3) is 0 Å². The van der Waals surface area contributed by atoms with Crippen LogP contribution in [0.3, 0.4) is 0 Å². The number of piperidine rings is 1. The highest BCUT2D eigenvalue weighted by atomic mass is 16.5. The van der Waals surface area contributed by atoms with Crippen molar-refractivity contribution in [1.82, 2.24) is 14.5 Å². The Kier molecular flexibility index (Phi) is 4.88. The summed E-state index contributed by atoms with van der Waals surface area (Å²) in [6.07, 6.45) is 7.15. The molecule has 5 heteroatoms. The molecule has 3 rings (SSSR count). The van der Waals surface area contributed by atoms with Gasteiger partial charge in [-0.05, 0) is 44.0 Å². The molecular weight excluding hydrogens is 302 g/mol. The van der Waals surface area contributed by atoms with E-state index in [2.05, 4.69) is 31.0 Å². The van der Waals surface area contributed by atoms with E-state index >= 15 is 0 Å². The standard InChI is InChI=1S/C19H25N3O2/c1-14-4-5-18(12-15(14)2)24-17-6-9-21(10-7-17)19(23)16(3)22-11-8-20-13-22/h4-5,8,11-13,16-17H,6-7,9-10H2,1-3H3/t16-/m1/s1. The molecule has 1 aliphatic heterocycles. The van der Waals surface area contributed by atoms with Gasteiger partial charge >= 0.3 is 0 Å². The van der Waals surface area contributed by atoms with Crippen molar-refractivity contribution in [3.63, 3.8) is 0 Å². The second kappa shape index (κ2) is 7.07. The fourth-order valence-electron chi connectivity index (χ4n) is 3.06. The zero-order valence-corrected chi connectivity index (χ0v) is 14.6. The number of hydrogen-bond acceptors (Lipinski definition) is 3. The number of imidazole rings is 1. The minimum absolute atomic E-state index is 0.151. The number of rotatable bonds is 4. The van der Waals surface area contributed by atoms with Crippen molar-refractivity contribution in [2.24, 2.45) is 0 Å². The highest BCUT2D eigenvalue weighted by Gasteiger charge is 2.27. The van der Waals surface area contributed by atoms with Crippen molar-refractivity contribution in [2.45, 2.75) is 45.8 Å². The lowest BCUT2D eigenvalue weighted by atomic mass is 10.1. The lowest BCUT2D eigenvalue weighted by molar-refractivity contribution is -0.136. The third-order valence-electron chi connectivity index (χ3n) is 4.86. The van der Waals surface area contributed by atoms with Crippen LogP contribution in [0.1, 0.15) is 36.9 Å². The highest BCUT2D eigenvalue weighted by Crippen LogP contribution is 2.23. The van der Waals surface area contributed by atoms with E-state index in [4.69, 9.17) is 4.74 Å². The molecule has 2 aromatic rings. The van der Waals surface area contributed by atoms with Gasteiger partial charge in [-0.15, -0.1) is 0 Å². The van der Waals surface area contributed by atoms with Gasteiger partial charge in [0, 0.05) is 38.3 Å². The third-order valence-corrected chi connectivity index (χ3v) is 4.86. The normalized spacial score (nSPS) is 16.9. The molecule has 128 valence electrons. The fraction of sp³-hybridized carbons (Fsp3) is 0.474. The maximum absolute atomic E-state index is 12.6. The van der Waals surface area contributed by atoms with Crippen LogP contribution in [0.5, 0.6) is 5.75 Å². The van der Waals surface area contributed by atoms with Crippen molar-refractivity contribution in [3.05, 3.63) is 48.0 Å². The van der Waals surface area contributed by atoms with Crippen molar-refractivity contribution in [3.8, 4) is 5.75 Å². The van der Waals surface area contributed by atoms with Gasteiger partial charge in [0.1, 0.15) is 17.9 Å². The largest absolute Gasteiger partial charge is 0.490 e. The average molecular weight is 327 g/mol. The first kappa shape index (κ1) is 16.6. The van der Waals surface area contributed by atoms with Crippen molar-refractivity contribution < 1.29 is 9.53 Å². The predicted octanol–water partition coefficient (Wildman–Crippen LogP) is 3.13. The van der Waals surface area contributed by atoms with E-state index in [0.717, 1.165) is 31.7 Å². The number of nitrogens with zero attached hydrogens (tertiary/aromatic N) is 3. The Hall–Kier alpha value is -2.30. The first-order chi connectivity index (χ1) is 11.5.